The van der Waals surface area contributed by atoms with Crippen LogP contribution in [0.1, 0.15) is 29.1 Å². The van der Waals surface area contributed by atoms with Gasteiger partial charge in [0.25, 0.3) is 0 Å². The van der Waals surface area contributed by atoms with Crippen molar-refractivity contribution in [2.75, 3.05) is 5.32 Å². The molecule has 0 bridgehead atoms. The van der Waals surface area contributed by atoms with Gasteiger partial charge in [0, 0.05) is 23.6 Å². The van der Waals surface area contributed by atoms with E-state index in [1.807, 2.05) is 0 Å². The normalized spacial score (nSPS) is 11.0. The maximum Gasteiger partial charge on any atom is 0.309 e. The van der Waals surface area contributed by atoms with Crippen LogP contribution in [0.3, 0.4) is 0 Å². The van der Waals surface area contributed by atoms with Gasteiger partial charge in [0.2, 0.25) is 5.91 Å². The van der Waals surface area contributed by atoms with Crippen molar-refractivity contribution in [3.05, 3.63) is 68.0 Å². The van der Waals surface area contributed by atoms with Crippen LogP contribution >= 0.6 is 11.6 Å². The van der Waals surface area contributed by atoms with E-state index in [2.05, 4.69) is 15.5 Å². The lowest BCUT2D eigenvalue weighted by Gasteiger charge is -2.09. The molecule has 0 fully saturated rings. The first-order valence-electron chi connectivity index (χ1n) is 9.12. The number of nitrogens with one attached hydrogen (secondary N) is 1. The molecule has 11 heteroatoms. The zero-order chi connectivity index (χ0) is 22.0. The Balaban J connectivity index is 1.69. The van der Waals surface area contributed by atoms with Crippen molar-refractivity contribution in [2.45, 2.75) is 40.3 Å². The highest BCUT2D eigenvalue weighted by molar-refractivity contribution is 6.31. The van der Waals surface area contributed by atoms with Crippen LogP contribution in [-0.4, -0.2) is 30.4 Å². The molecule has 3 aromatic rings. The molecule has 0 aliphatic heterocycles. The maximum atomic E-state index is 14.1. The number of benzene rings is 1. The Labute approximate surface area is 176 Å². The van der Waals surface area contributed by atoms with Gasteiger partial charge >= 0.3 is 5.69 Å². The van der Waals surface area contributed by atoms with E-state index in [9.17, 15) is 19.3 Å². The number of aryl methyl sites for hydroxylation is 3. The van der Waals surface area contributed by atoms with Gasteiger partial charge in [-0.25, -0.2) is 4.39 Å². The van der Waals surface area contributed by atoms with Crippen molar-refractivity contribution >= 4 is 28.9 Å². The number of nitrogens with zero attached hydrogens (tertiary/aromatic N) is 5. The minimum absolute atomic E-state index is 0.0709. The first-order chi connectivity index (χ1) is 14.2. The molecule has 1 N–H and O–H groups in total. The molecule has 2 heterocycles. The minimum atomic E-state index is -0.512. The second-order valence-electron chi connectivity index (χ2n) is 6.82. The molecule has 30 heavy (non-hydrogen) atoms. The number of rotatable bonds is 7. The first-order valence-corrected chi connectivity index (χ1v) is 9.50. The molecular weight excluding hydrogens is 415 g/mol. The summed E-state index contributed by atoms with van der Waals surface area (Å²) in [4.78, 5) is 22.8. The maximum absolute atomic E-state index is 14.1. The molecular formula is C19H20ClFN6O3. The molecule has 0 spiro atoms. The number of hydrogen-bond acceptors (Lipinski definition) is 5. The van der Waals surface area contributed by atoms with E-state index in [0.717, 1.165) is 0 Å². The molecule has 0 saturated carbocycles. The summed E-state index contributed by atoms with van der Waals surface area (Å²) in [6.45, 7) is 5.37. The zero-order valence-electron chi connectivity index (χ0n) is 16.6. The lowest BCUT2D eigenvalue weighted by atomic mass is 10.2. The third-order valence-corrected chi connectivity index (χ3v) is 5.05. The molecule has 0 atom stereocenters. The fraction of sp³-hybridized carbons (Fsp3) is 0.316. The van der Waals surface area contributed by atoms with Crippen molar-refractivity contribution in [3.63, 3.8) is 0 Å². The summed E-state index contributed by atoms with van der Waals surface area (Å²) in [6, 6.07) is 4.47. The monoisotopic (exact) mass is 434 g/mol. The van der Waals surface area contributed by atoms with Crippen LogP contribution in [0.5, 0.6) is 0 Å². The van der Waals surface area contributed by atoms with Gasteiger partial charge in [-0.05, 0) is 32.9 Å². The largest absolute Gasteiger partial charge is 0.323 e. The quantitative estimate of drug-likeness (QED) is 0.449. The summed E-state index contributed by atoms with van der Waals surface area (Å²) in [7, 11) is 0. The summed E-state index contributed by atoms with van der Waals surface area (Å²) in [6.07, 6.45) is 1.37. The van der Waals surface area contributed by atoms with Crippen LogP contribution in [0.15, 0.2) is 24.4 Å². The molecule has 0 radical (unpaired) electrons. The van der Waals surface area contributed by atoms with E-state index in [-0.39, 0.29) is 31.1 Å². The van der Waals surface area contributed by atoms with Gasteiger partial charge in [-0.15, -0.1) is 0 Å². The van der Waals surface area contributed by atoms with E-state index >= 15 is 0 Å². The topological polar surface area (TPSA) is 108 Å². The average Bonchev–Trinajstić information content (AvgIpc) is 3.18. The van der Waals surface area contributed by atoms with Crippen molar-refractivity contribution in [2.24, 2.45) is 0 Å². The Morgan fingerprint density at radius 2 is 2.00 bits per heavy atom. The average molecular weight is 435 g/mol. The first kappa shape index (κ1) is 21.4. The predicted molar refractivity (Wildman–Crippen MR) is 109 cm³/mol. The number of hydrogen-bond donors (Lipinski definition) is 1. The summed E-state index contributed by atoms with van der Waals surface area (Å²) >= 11 is 6.09. The zero-order valence-corrected chi connectivity index (χ0v) is 17.4. The lowest BCUT2D eigenvalue weighted by molar-refractivity contribution is -0.385. The highest BCUT2D eigenvalue weighted by Gasteiger charge is 2.18. The number of carbonyl (C=O) groups excluding carboxylic acids is 1. The molecule has 1 amide bonds. The molecule has 0 saturated heterocycles. The fourth-order valence-corrected chi connectivity index (χ4v) is 3.31. The molecule has 3 rings (SSSR count). The van der Waals surface area contributed by atoms with Crippen LogP contribution in [0.25, 0.3) is 0 Å². The number of amides is 1. The summed E-state index contributed by atoms with van der Waals surface area (Å²) in [5.74, 6) is -0.718. The number of anilines is 1. The van der Waals surface area contributed by atoms with E-state index < -0.39 is 10.7 Å². The van der Waals surface area contributed by atoms with Crippen LogP contribution in [-0.2, 0) is 17.9 Å². The predicted octanol–water partition coefficient (Wildman–Crippen LogP) is 3.78. The van der Waals surface area contributed by atoms with Gasteiger partial charge in [-0.3, -0.25) is 24.3 Å². The highest BCUT2D eigenvalue weighted by atomic mass is 35.5. The standard InChI is InChI=1S/C19H20ClFN6O3/c1-11-17(27(29)30)10-25(23-11)8-7-18(28)22-19-12(2)24-26(13(19)3)9-14-15(20)5-4-6-16(14)21/h4-6,10H,7-9H2,1-3H3,(H,22,28). The van der Waals surface area contributed by atoms with Crippen LogP contribution < -0.4 is 5.32 Å². The highest BCUT2D eigenvalue weighted by Crippen LogP contribution is 2.24. The molecule has 0 aliphatic rings. The second kappa shape index (κ2) is 8.62. The van der Waals surface area contributed by atoms with Gasteiger partial charge in [-0.2, -0.15) is 10.2 Å². The number of halogens is 2. The molecule has 158 valence electrons. The summed E-state index contributed by atoms with van der Waals surface area (Å²) in [5.41, 5.74) is 2.30. The van der Waals surface area contributed by atoms with E-state index in [1.54, 1.807) is 24.6 Å². The van der Waals surface area contributed by atoms with Gasteiger partial charge in [0.05, 0.1) is 28.5 Å². The van der Waals surface area contributed by atoms with Crippen molar-refractivity contribution < 1.29 is 14.1 Å². The minimum Gasteiger partial charge on any atom is -0.323 e. The van der Waals surface area contributed by atoms with E-state index in [1.165, 1.54) is 29.9 Å². The number of aromatic nitrogens is 4. The van der Waals surface area contributed by atoms with Gasteiger partial charge in [0.15, 0.2) is 0 Å². The van der Waals surface area contributed by atoms with Gasteiger partial charge < -0.3 is 5.32 Å². The summed E-state index contributed by atoms with van der Waals surface area (Å²) < 4.78 is 17.0. The van der Waals surface area contributed by atoms with Gasteiger partial charge in [-0.1, -0.05) is 17.7 Å². The number of nitro groups is 1. The third kappa shape index (κ3) is 4.48. The van der Waals surface area contributed by atoms with E-state index in [0.29, 0.717) is 33.4 Å². The smallest absolute Gasteiger partial charge is 0.309 e. The van der Waals surface area contributed by atoms with Crippen molar-refractivity contribution in [1.29, 1.82) is 0 Å². The SMILES string of the molecule is Cc1nn(CCC(=O)Nc2c(C)nn(Cc3c(F)cccc3Cl)c2C)cc1[N+](=O)[O-]. The fourth-order valence-electron chi connectivity index (χ4n) is 3.08. The Morgan fingerprint density at radius 1 is 1.27 bits per heavy atom. The van der Waals surface area contributed by atoms with Crippen LogP contribution in [0, 0.1) is 36.7 Å². The van der Waals surface area contributed by atoms with Crippen molar-refractivity contribution in [1.82, 2.24) is 19.6 Å². The Bertz CT molecular complexity index is 1100. The molecule has 1 aromatic carbocycles. The van der Waals surface area contributed by atoms with Crippen LogP contribution in [0.2, 0.25) is 5.02 Å². The Morgan fingerprint density at radius 3 is 2.63 bits per heavy atom. The van der Waals surface area contributed by atoms with E-state index in [4.69, 9.17) is 11.6 Å². The third-order valence-electron chi connectivity index (χ3n) is 4.70. The van der Waals surface area contributed by atoms with Crippen LogP contribution in [0.4, 0.5) is 15.8 Å². The van der Waals surface area contributed by atoms with Crippen molar-refractivity contribution in [3.8, 4) is 0 Å². The molecule has 0 aliphatic carbocycles. The molecule has 0 unspecified atom stereocenters. The lowest BCUT2D eigenvalue weighted by Crippen LogP contribution is -2.16. The second-order valence-corrected chi connectivity index (χ2v) is 7.23. The Hall–Kier alpha value is -3.27. The molecule has 9 nitrogen and oxygen atoms in total. The van der Waals surface area contributed by atoms with Gasteiger partial charge in [0.1, 0.15) is 17.7 Å². The number of carbonyl (C=O) groups is 1. The Kier molecular flexibility index (Phi) is 6.16. The molecule has 2 aromatic heterocycles. The summed E-state index contributed by atoms with van der Waals surface area (Å²) in [5, 5.41) is 22.4.